The quantitative estimate of drug-likeness (QED) is 0.505. The number of ether oxygens (including phenoxy) is 1. The summed E-state index contributed by atoms with van der Waals surface area (Å²) in [6.45, 7) is -0.0741. The van der Waals surface area contributed by atoms with Gasteiger partial charge in [0.25, 0.3) is 0 Å². The molecule has 22 heavy (non-hydrogen) atoms. The molecule has 2 aromatic rings. The zero-order valence-electron chi connectivity index (χ0n) is 11.4. The first-order chi connectivity index (χ1) is 10.5. The molecule has 7 heteroatoms. The minimum absolute atomic E-state index is 0.0604. The summed E-state index contributed by atoms with van der Waals surface area (Å²) in [5.74, 6) is -0.521. The van der Waals surface area contributed by atoms with Crippen LogP contribution in [0.4, 0.5) is 8.78 Å². The number of rotatable bonds is 5. The van der Waals surface area contributed by atoms with Gasteiger partial charge in [0.1, 0.15) is 24.0 Å². The van der Waals surface area contributed by atoms with Crippen LogP contribution in [0.1, 0.15) is 11.1 Å². The smallest absolute Gasteiger partial charge is 0.184 e. The van der Waals surface area contributed by atoms with E-state index in [1.54, 1.807) is 24.3 Å². The zero-order chi connectivity index (χ0) is 15.9. The molecule has 0 aliphatic carbocycles. The second-order valence-corrected chi connectivity index (χ2v) is 4.77. The van der Waals surface area contributed by atoms with Crippen LogP contribution in [0.2, 0.25) is 0 Å². The summed E-state index contributed by atoms with van der Waals surface area (Å²) in [6.07, 6.45) is 1.51. The number of nitrogens with two attached hydrogens (primary N) is 1. The summed E-state index contributed by atoms with van der Waals surface area (Å²) in [5, 5.41) is 3.88. The Labute approximate surface area is 131 Å². The summed E-state index contributed by atoms with van der Waals surface area (Å²) < 4.78 is 32.0. The van der Waals surface area contributed by atoms with E-state index < -0.39 is 11.6 Å². The van der Waals surface area contributed by atoms with E-state index in [0.29, 0.717) is 5.75 Å². The van der Waals surface area contributed by atoms with Gasteiger partial charge in [-0.05, 0) is 48.1 Å². The highest BCUT2D eigenvalue weighted by Crippen LogP contribution is 2.16. The largest absolute Gasteiger partial charge is 0.489 e. The number of halogens is 2. The van der Waals surface area contributed by atoms with Crippen molar-refractivity contribution in [3.05, 3.63) is 65.2 Å². The van der Waals surface area contributed by atoms with Crippen molar-refractivity contribution in [1.82, 2.24) is 5.43 Å². The van der Waals surface area contributed by atoms with E-state index in [1.165, 1.54) is 6.21 Å². The number of benzene rings is 2. The average molecular weight is 321 g/mol. The number of nitrogens with zero attached hydrogens (tertiary/aromatic N) is 1. The Hall–Kier alpha value is -2.54. The first-order valence-electron chi connectivity index (χ1n) is 6.30. The molecule has 3 N–H and O–H groups in total. The van der Waals surface area contributed by atoms with Gasteiger partial charge in [-0.15, -0.1) is 0 Å². The van der Waals surface area contributed by atoms with Gasteiger partial charge in [-0.3, -0.25) is 5.43 Å². The lowest BCUT2D eigenvalue weighted by Crippen LogP contribution is -2.23. The summed E-state index contributed by atoms with van der Waals surface area (Å²) in [4.78, 5) is 0. The third kappa shape index (κ3) is 4.78. The van der Waals surface area contributed by atoms with Crippen LogP contribution >= 0.6 is 12.2 Å². The van der Waals surface area contributed by atoms with Gasteiger partial charge in [0, 0.05) is 5.56 Å². The molecule has 4 nitrogen and oxygen atoms in total. The van der Waals surface area contributed by atoms with Crippen LogP contribution in [0.3, 0.4) is 0 Å². The molecule has 0 heterocycles. The monoisotopic (exact) mass is 321 g/mol. The highest BCUT2D eigenvalue weighted by molar-refractivity contribution is 7.80. The molecule has 0 aliphatic heterocycles. The predicted octanol–water partition coefficient (Wildman–Crippen LogP) is 2.71. The fourth-order valence-corrected chi connectivity index (χ4v) is 1.72. The Balaban J connectivity index is 2.02. The Morgan fingerprint density at radius 3 is 2.86 bits per heavy atom. The summed E-state index contributed by atoms with van der Waals surface area (Å²) in [5.41, 5.74) is 8.56. The maximum absolute atomic E-state index is 13.5. The maximum atomic E-state index is 13.5. The van der Waals surface area contributed by atoms with E-state index in [0.717, 1.165) is 23.8 Å². The molecule has 0 saturated carbocycles. The van der Waals surface area contributed by atoms with Gasteiger partial charge in [-0.25, -0.2) is 8.78 Å². The number of hydrogen-bond acceptors (Lipinski definition) is 3. The first-order valence-corrected chi connectivity index (χ1v) is 6.71. The number of hydrazone groups is 1. The Kier molecular flexibility index (Phi) is 5.37. The van der Waals surface area contributed by atoms with Crippen molar-refractivity contribution in [3.63, 3.8) is 0 Å². The molecule has 2 aromatic carbocycles. The number of hydrogen-bond donors (Lipinski definition) is 2. The van der Waals surface area contributed by atoms with Crippen molar-refractivity contribution in [2.24, 2.45) is 10.8 Å². The van der Waals surface area contributed by atoms with Crippen molar-refractivity contribution < 1.29 is 13.5 Å². The minimum Gasteiger partial charge on any atom is -0.489 e. The topological polar surface area (TPSA) is 59.6 Å². The van der Waals surface area contributed by atoms with Crippen molar-refractivity contribution in [1.29, 1.82) is 0 Å². The van der Waals surface area contributed by atoms with Gasteiger partial charge in [-0.2, -0.15) is 5.10 Å². The zero-order valence-corrected chi connectivity index (χ0v) is 12.2. The molecule has 0 saturated heterocycles. The number of nitrogens with one attached hydrogen (secondary N) is 1. The number of thiocarbonyl (C=S) groups is 1. The Morgan fingerprint density at radius 2 is 2.09 bits per heavy atom. The lowest BCUT2D eigenvalue weighted by atomic mass is 10.2. The molecule has 0 aliphatic rings. The highest BCUT2D eigenvalue weighted by atomic mass is 32.1. The molecule has 0 amide bonds. The molecular formula is C15H13F2N3OS. The van der Waals surface area contributed by atoms with E-state index in [1.807, 2.05) is 0 Å². The highest BCUT2D eigenvalue weighted by Gasteiger charge is 2.05. The second-order valence-electron chi connectivity index (χ2n) is 4.33. The normalized spacial score (nSPS) is 10.6. The third-order valence-electron chi connectivity index (χ3n) is 2.65. The Bertz CT molecular complexity index is 707. The van der Waals surface area contributed by atoms with Crippen molar-refractivity contribution in [3.8, 4) is 5.75 Å². The van der Waals surface area contributed by atoms with Crippen molar-refractivity contribution in [2.75, 3.05) is 0 Å². The van der Waals surface area contributed by atoms with Crippen LogP contribution in [-0.2, 0) is 6.61 Å². The molecule has 0 atom stereocenters. The molecule has 114 valence electrons. The van der Waals surface area contributed by atoms with Gasteiger partial charge in [-0.1, -0.05) is 12.1 Å². The van der Waals surface area contributed by atoms with Gasteiger partial charge < -0.3 is 10.5 Å². The average Bonchev–Trinajstić information content (AvgIpc) is 2.48. The van der Waals surface area contributed by atoms with Gasteiger partial charge in [0.05, 0.1) is 6.21 Å². The predicted molar refractivity (Wildman–Crippen MR) is 84.6 cm³/mol. The van der Waals surface area contributed by atoms with Gasteiger partial charge in [0.2, 0.25) is 0 Å². The fraction of sp³-hybridized carbons (Fsp3) is 0.0667. The SMILES string of the molecule is NC(=S)NN=Cc1cccc(OCc2cc(F)ccc2F)c1. The van der Waals surface area contributed by atoms with Crippen LogP contribution in [0.15, 0.2) is 47.6 Å². The van der Waals surface area contributed by atoms with Crippen LogP contribution in [0, 0.1) is 11.6 Å². The van der Waals surface area contributed by atoms with E-state index >= 15 is 0 Å². The molecule has 0 bridgehead atoms. The molecule has 0 fully saturated rings. The fourth-order valence-electron chi connectivity index (χ4n) is 1.67. The molecule has 2 rings (SSSR count). The first kappa shape index (κ1) is 15.8. The standard InChI is InChI=1S/C15H13F2N3OS/c16-12-4-5-14(17)11(7-12)9-21-13-3-1-2-10(6-13)8-19-20-15(18)22/h1-8H,9H2,(H3,18,20,22). The lowest BCUT2D eigenvalue weighted by molar-refractivity contribution is 0.299. The van der Waals surface area contributed by atoms with Gasteiger partial charge in [0.15, 0.2) is 5.11 Å². The van der Waals surface area contributed by atoms with Crippen molar-refractivity contribution in [2.45, 2.75) is 6.61 Å². The van der Waals surface area contributed by atoms with Gasteiger partial charge >= 0.3 is 0 Å². The summed E-state index contributed by atoms with van der Waals surface area (Å²) >= 11 is 4.62. The molecular weight excluding hydrogens is 308 g/mol. The molecule has 0 aromatic heterocycles. The lowest BCUT2D eigenvalue weighted by Gasteiger charge is -2.08. The molecule has 0 radical (unpaired) electrons. The maximum Gasteiger partial charge on any atom is 0.184 e. The van der Waals surface area contributed by atoms with Crippen LogP contribution < -0.4 is 15.9 Å². The summed E-state index contributed by atoms with van der Waals surface area (Å²) in [7, 11) is 0. The third-order valence-corrected chi connectivity index (χ3v) is 2.74. The molecule has 0 unspecified atom stereocenters. The minimum atomic E-state index is -0.514. The van der Waals surface area contributed by atoms with E-state index in [2.05, 4.69) is 22.7 Å². The van der Waals surface area contributed by atoms with Crippen LogP contribution in [0.5, 0.6) is 5.75 Å². The van der Waals surface area contributed by atoms with Crippen LogP contribution in [-0.4, -0.2) is 11.3 Å². The van der Waals surface area contributed by atoms with E-state index in [4.69, 9.17) is 10.5 Å². The molecule has 0 spiro atoms. The Morgan fingerprint density at radius 1 is 1.27 bits per heavy atom. The van der Waals surface area contributed by atoms with Crippen molar-refractivity contribution >= 4 is 23.5 Å². The second kappa shape index (κ2) is 7.46. The van der Waals surface area contributed by atoms with E-state index in [9.17, 15) is 8.78 Å². The van der Waals surface area contributed by atoms with Crippen LogP contribution in [0.25, 0.3) is 0 Å². The summed E-state index contributed by atoms with van der Waals surface area (Å²) in [6, 6.07) is 10.2. The van der Waals surface area contributed by atoms with E-state index in [-0.39, 0.29) is 17.3 Å².